The monoisotopic (exact) mass is 418 g/mol. The third kappa shape index (κ3) is 6.82. The fourth-order valence-corrected chi connectivity index (χ4v) is 3.71. The number of rotatable bonds is 0. The van der Waals surface area contributed by atoms with Crippen molar-refractivity contribution in [3.63, 3.8) is 0 Å². The van der Waals surface area contributed by atoms with E-state index in [4.69, 9.17) is 0 Å². The van der Waals surface area contributed by atoms with E-state index in [1.165, 1.54) is 43.4 Å². The molecule has 0 spiro atoms. The Kier molecular flexibility index (Phi) is 12.8. The molecule has 31 heavy (non-hydrogen) atoms. The third-order valence-electron chi connectivity index (χ3n) is 4.86. The smallest absolute Gasteiger partial charge is 0.00989 e. The van der Waals surface area contributed by atoms with E-state index in [2.05, 4.69) is 88.4 Å². The predicted molar refractivity (Wildman–Crippen MR) is 148 cm³/mol. The molecule has 0 aromatic heterocycles. The van der Waals surface area contributed by atoms with Crippen LogP contribution in [0.15, 0.2) is 60.7 Å². The van der Waals surface area contributed by atoms with Gasteiger partial charge >= 0.3 is 0 Å². The van der Waals surface area contributed by atoms with Crippen LogP contribution in [-0.4, -0.2) is 0 Å². The van der Waals surface area contributed by atoms with Crippen molar-refractivity contribution in [3.05, 3.63) is 71.8 Å². The summed E-state index contributed by atoms with van der Waals surface area (Å²) in [5.74, 6) is 0. The molecule has 0 fully saturated rings. The molecule has 0 bridgehead atoms. The SMILES string of the molecule is CC.CC.CC.CC.Cc1cc2c(ccc3cc4ccccc4cc32)cc1C(C)(C)C. The van der Waals surface area contributed by atoms with Crippen LogP contribution < -0.4 is 0 Å². The quantitative estimate of drug-likeness (QED) is 0.197. The molecule has 0 atom stereocenters. The zero-order valence-corrected chi connectivity index (χ0v) is 22.3. The molecule has 0 heteroatoms. The van der Waals surface area contributed by atoms with Gasteiger partial charge in [0, 0.05) is 0 Å². The first-order chi connectivity index (χ1) is 14.9. The molecule has 0 saturated carbocycles. The van der Waals surface area contributed by atoms with Crippen LogP contribution in [-0.2, 0) is 5.41 Å². The van der Waals surface area contributed by atoms with Crippen LogP contribution in [0.4, 0.5) is 0 Å². The van der Waals surface area contributed by atoms with Crippen LogP contribution in [0.1, 0.15) is 87.3 Å². The summed E-state index contributed by atoms with van der Waals surface area (Å²) in [7, 11) is 0. The standard InChI is InChI=1S/C23H22.4C2H6/c1-15-11-20-19(14-22(15)23(2,3)4)10-9-18-12-16-7-5-6-8-17(16)13-21(18)20;4*1-2/h5-14H,1-4H3;4*1-2H3. The van der Waals surface area contributed by atoms with Gasteiger partial charge in [-0.25, -0.2) is 0 Å². The average Bonchev–Trinajstić information content (AvgIpc) is 2.82. The lowest BCUT2D eigenvalue weighted by Gasteiger charge is -2.22. The van der Waals surface area contributed by atoms with E-state index < -0.39 is 0 Å². The van der Waals surface area contributed by atoms with E-state index in [0.29, 0.717) is 0 Å². The summed E-state index contributed by atoms with van der Waals surface area (Å²) < 4.78 is 0. The maximum Gasteiger partial charge on any atom is -0.00989 e. The molecular formula is C31H46. The summed E-state index contributed by atoms with van der Waals surface area (Å²) in [6, 6.07) is 22.5. The van der Waals surface area contributed by atoms with E-state index in [-0.39, 0.29) is 5.41 Å². The Morgan fingerprint density at radius 1 is 0.484 bits per heavy atom. The summed E-state index contributed by atoms with van der Waals surface area (Å²) >= 11 is 0. The molecule has 0 aliphatic heterocycles. The number of aryl methyl sites for hydroxylation is 1. The fourth-order valence-electron chi connectivity index (χ4n) is 3.71. The molecule has 0 saturated heterocycles. The van der Waals surface area contributed by atoms with Gasteiger partial charge in [0.1, 0.15) is 0 Å². The molecule has 0 nitrogen and oxygen atoms in total. The summed E-state index contributed by atoms with van der Waals surface area (Å²) in [6.45, 7) is 25.1. The average molecular weight is 419 g/mol. The van der Waals surface area contributed by atoms with Crippen LogP contribution in [0.25, 0.3) is 32.3 Å². The highest BCUT2D eigenvalue weighted by Crippen LogP contribution is 2.34. The van der Waals surface area contributed by atoms with Crippen LogP contribution in [0, 0.1) is 6.92 Å². The maximum atomic E-state index is 2.37. The topological polar surface area (TPSA) is 0 Å². The summed E-state index contributed by atoms with van der Waals surface area (Å²) in [6.07, 6.45) is 0. The van der Waals surface area contributed by atoms with E-state index in [9.17, 15) is 0 Å². The zero-order valence-electron chi connectivity index (χ0n) is 22.3. The van der Waals surface area contributed by atoms with E-state index in [0.717, 1.165) is 0 Å². The van der Waals surface area contributed by atoms with Crippen molar-refractivity contribution < 1.29 is 0 Å². The minimum atomic E-state index is 0.177. The van der Waals surface area contributed by atoms with Crippen molar-refractivity contribution in [3.8, 4) is 0 Å². The second-order valence-corrected chi connectivity index (χ2v) is 7.62. The first-order valence-corrected chi connectivity index (χ1v) is 12.3. The van der Waals surface area contributed by atoms with Crippen molar-refractivity contribution in [2.24, 2.45) is 0 Å². The molecule has 0 heterocycles. The Balaban J connectivity index is 0.00000102. The summed E-state index contributed by atoms with van der Waals surface area (Å²) in [5, 5.41) is 7.98. The molecule has 0 N–H and O–H groups in total. The Bertz CT molecular complexity index is 1050. The number of benzene rings is 4. The summed E-state index contributed by atoms with van der Waals surface area (Å²) in [4.78, 5) is 0. The Morgan fingerprint density at radius 3 is 1.39 bits per heavy atom. The van der Waals surface area contributed by atoms with Gasteiger partial charge in [0.2, 0.25) is 0 Å². The van der Waals surface area contributed by atoms with Gasteiger partial charge in [0.15, 0.2) is 0 Å². The van der Waals surface area contributed by atoms with Crippen molar-refractivity contribution in [1.29, 1.82) is 0 Å². The van der Waals surface area contributed by atoms with Gasteiger partial charge in [-0.3, -0.25) is 0 Å². The van der Waals surface area contributed by atoms with Crippen LogP contribution >= 0.6 is 0 Å². The normalized spacial score (nSPS) is 9.94. The molecule has 4 aromatic rings. The van der Waals surface area contributed by atoms with Crippen molar-refractivity contribution >= 4 is 32.3 Å². The molecule has 4 rings (SSSR count). The lowest BCUT2D eigenvalue weighted by Crippen LogP contribution is -2.12. The first kappa shape index (κ1) is 28.7. The minimum Gasteiger partial charge on any atom is -0.0683 e. The van der Waals surface area contributed by atoms with Crippen LogP contribution in [0.5, 0.6) is 0 Å². The maximum absolute atomic E-state index is 2.37. The van der Waals surface area contributed by atoms with E-state index in [1.807, 2.05) is 55.4 Å². The highest BCUT2D eigenvalue weighted by Gasteiger charge is 2.17. The first-order valence-electron chi connectivity index (χ1n) is 12.3. The highest BCUT2D eigenvalue weighted by molar-refractivity contribution is 6.12. The number of hydrogen-bond acceptors (Lipinski definition) is 0. The summed E-state index contributed by atoms with van der Waals surface area (Å²) in [5.41, 5.74) is 2.99. The lowest BCUT2D eigenvalue weighted by molar-refractivity contribution is 0.587. The predicted octanol–water partition coefficient (Wildman–Crippen LogP) is 10.9. The van der Waals surface area contributed by atoms with Crippen LogP contribution in [0.3, 0.4) is 0 Å². The van der Waals surface area contributed by atoms with Gasteiger partial charge in [-0.1, -0.05) is 125 Å². The van der Waals surface area contributed by atoms with E-state index >= 15 is 0 Å². The second-order valence-electron chi connectivity index (χ2n) is 7.62. The van der Waals surface area contributed by atoms with E-state index in [1.54, 1.807) is 0 Å². The lowest BCUT2D eigenvalue weighted by atomic mass is 9.82. The molecule has 4 aromatic carbocycles. The van der Waals surface area contributed by atoms with Gasteiger partial charge in [-0.05, 0) is 67.9 Å². The van der Waals surface area contributed by atoms with Gasteiger partial charge in [0.05, 0.1) is 0 Å². The minimum absolute atomic E-state index is 0.177. The zero-order chi connectivity index (χ0) is 24.2. The van der Waals surface area contributed by atoms with Crippen LogP contribution in [0.2, 0.25) is 0 Å². The van der Waals surface area contributed by atoms with Crippen molar-refractivity contribution in [2.75, 3.05) is 0 Å². The molecule has 0 aliphatic carbocycles. The highest BCUT2D eigenvalue weighted by atomic mass is 14.2. The molecule has 0 aliphatic rings. The van der Waals surface area contributed by atoms with Crippen molar-refractivity contribution in [2.45, 2.75) is 88.5 Å². The van der Waals surface area contributed by atoms with Gasteiger partial charge in [-0.2, -0.15) is 0 Å². The van der Waals surface area contributed by atoms with Crippen molar-refractivity contribution in [1.82, 2.24) is 0 Å². The van der Waals surface area contributed by atoms with Gasteiger partial charge in [0.25, 0.3) is 0 Å². The van der Waals surface area contributed by atoms with Gasteiger partial charge in [-0.15, -0.1) is 0 Å². The Labute approximate surface area is 192 Å². The largest absolute Gasteiger partial charge is 0.0683 e. The molecular weight excluding hydrogens is 372 g/mol. The number of hydrogen-bond donors (Lipinski definition) is 0. The molecule has 0 unspecified atom stereocenters. The number of fused-ring (bicyclic) bond motifs is 4. The fraction of sp³-hybridized carbons (Fsp3) is 0.419. The van der Waals surface area contributed by atoms with Gasteiger partial charge < -0.3 is 0 Å². The molecule has 170 valence electrons. The second kappa shape index (κ2) is 13.9. The Hall–Kier alpha value is -2.34. The third-order valence-corrected chi connectivity index (χ3v) is 4.86. The Morgan fingerprint density at radius 2 is 0.903 bits per heavy atom. The molecule has 0 radical (unpaired) electrons. The molecule has 0 amide bonds.